The molecule has 0 aliphatic rings. The van der Waals surface area contributed by atoms with E-state index < -0.39 is 31.1 Å². The number of alkyl halides is 2. The minimum atomic E-state index is -4.88. The number of nitro benzene ring substituents is 1. The summed E-state index contributed by atoms with van der Waals surface area (Å²) in [7, 11) is -4.88. The molecule has 0 fully saturated rings. The Morgan fingerprint density at radius 1 is 1.13 bits per heavy atom. The van der Waals surface area contributed by atoms with Crippen molar-refractivity contribution in [1.82, 2.24) is 0 Å². The molecular weight excluding hydrogens is 348 g/mol. The van der Waals surface area contributed by atoms with Gasteiger partial charge in [-0.1, -0.05) is 30.0 Å². The van der Waals surface area contributed by atoms with Gasteiger partial charge in [-0.15, -0.1) is 0 Å². The van der Waals surface area contributed by atoms with Crippen LogP contribution in [-0.4, -0.2) is 19.1 Å². The lowest BCUT2D eigenvalue weighted by Gasteiger charge is -2.08. The molecular formula is C14H11F2NO4S2. The molecule has 0 unspecified atom stereocenters. The van der Waals surface area contributed by atoms with Crippen LogP contribution in [0.3, 0.4) is 0 Å². The largest absolute Gasteiger partial charge is 0.341 e. The maximum Gasteiger partial charge on any atom is 0.341 e. The normalized spacial score (nSPS) is 11.7. The smallest absolute Gasteiger partial charge is 0.258 e. The summed E-state index contributed by atoms with van der Waals surface area (Å²) in [4.78, 5) is 10.5. The number of hydrogen-bond acceptors (Lipinski definition) is 5. The molecule has 0 saturated carbocycles. The van der Waals surface area contributed by atoms with Crippen molar-refractivity contribution in [2.24, 2.45) is 0 Å². The highest BCUT2D eigenvalue weighted by Crippen LogP contribution is 2.38. The molecule has 0 amide bonds. The van der Waals surface area contributed by atoms with Gasteiger partial charge in [0.15, 0.2) is 0 Å². The van der Waals surface area contributed by atoms with Gasteiger partial charge in [-0.2, -0.15) is 8.78 Å². The first-order valence-electron chi connectivity index (χ1n) is 6.27. The number of nitro groups is 1. The van der Waals surface area contributed by atoms with Gasteiger partial charge < -0.3 is 0 Å². The van der Waals surface area contributed by atoms with E-state index in [9.17, 15) is 27.3 Å². The number of sulfone groups is 1. The van der Waals surface area contributed by atoms with Gasteiger partial charge in [-0.3, -0.25) is 10.1 Å². The highest BCUT2D eigenvalue weighted by Gasteiger charge is 2.29. The molecule has 0 aliphatic heterocycles. The topological polar surface area (TPSA) is 77.3 Å². The summed E-state index contributed by atoms with van der Waals surface area (Å²) in [6, 6.07) is 9.95. The highest BCUT2D eigenvalue weighted by atomic mass is 32.2. The number of halogens is 2. The van der Waals surface area contributed by atoms with Gasteiger partial charge in [0.05, 0.1) is 14.7 Å². The quantitative estimate of drug-likeness (QED) is 0.594. The number of benzene rings is 2. The summed E-state index contributed by atoms with van der Waals surface area (Å²) in [5, 5.41) is 11.2. The Balaban J connectivity index is 2.50. The average Bonchev–Trinajstić information content (AvgIpc) is 2.49. The molecule has 2 aromatic carbocycles. The predicted octanol–water partition coefficient (Wildman–Crippen LogP) is 4.05. The summed E-state index contributed by atoms with van der Waals surface area (Å²) in [6.45, 7) is 1.82. The summed E-state index contributed by atoms with van der Waals surface area (Å²) < 4.78 is 48.0. The van der Waals surface area contributed by atoms with Gasteiger partial charge in [-0.25, -0.2) is 8.42 Å². The highest BCUT2D eigenvalue weighted by molar-refractivity contribution is 7.99. The lowest BCUT2D eigenvalue weighted by molar-refractivity contribution is -0.388. The summed E-state index contributed by atoms with van der Waals surface area (Å²) >= 11 is 1.07. The molecule has 0 atom stereocenters. The molecule has 122 valence electrons. The molecule has 0 heterocycles. The van der Waals surface area contributed by atoms with Crippen molar-refractivity contribution in [2.45, 2.75) is 27.4 Å². The SMILES string of the molecule is Cc1ccccc1Sc1ccc(S(=O)(=O)C(F)F)cc1[N+](=O)[O-]. The molecule has 5 nitrogen and oxygen atoms in total. The molecule has 0 aromatic heterocycles. The van der Waals surface area contributed by atoms with E-state index in [0.717, 1.165) is 28.3 Å². The molecule has 0 radical (unpaired) electrons. The van der Waals surface area contributed by atoms with Gasteiger partial charge in [0.25, 0.3) is 5.69 Å². The van der Waals surface area contributed by atoms with Gasteiger partial charge in [-0.05, 0) is 30.7 Å². The number of aryl methyl sites for hydroxylation is 1. The zero-order valence-electron chi connectivity index (χ0n) is 11.8. The standard InChI is InChI=1S/C14H11F2NO4S2/c1-9-4-2-3-5-12(9)22-13-7-6-10(8-11(13)17(18)19)23(20,21)14(15)16/h2-8,14H,1H3. The van der Waals surface area contributed by atoms with E-state index in [1.54, 1.807) is 12.1 Å². The van der Waals surface area contributed by atoms with Crippen LogP contribution in [0.25, 0.3) is 0 Å². The zero-order valence-corrected chi connectivity index (χ0v) is 13.4. The van der Waals surface area contributed by atoms with Crippen molar-refractivity contribution >= 4 is 27.3 Å². The van der Waals surface area contributed by atoms with E-state index in [-0.39, 0.29) is 4.90 Å². The first kappa shape index (κ1) is 17.4. The van der Waals surface area contributed by atoms with E-state index in [0.29, 0.717) is 6.07 Å². The zero-order chi connectivity index (χ0) is 17.2. The monoisotopic (exact) mass is 359 g/mol. The van der Waals surface area contributed by atoms with Crippen molar-refractivity contribution in [2.75, 3.05) is 0 Å². The van der Waals surface area contributed by atoms with Crippen LogP contribution in [0.1, 0.15) is 5.56 Å². The lowest BCUT2D eigenvalue weighted by atomic mass is 10.2. The van der Waals surface area contributed by atoms with Crippen molar-refractivity contribution in [3.05, 3.63) is 58.1 Å². The van der Waals surface area contributed by atoms with E-state index in [4.69, 9.17) is 0 Å². The van der Waals surface area contributed by atoms with Crippen LogP contribution in [0.15, 0.2) is 57.2 Å². The Hall–Kier alpha value is -2.00. The van der Waals surface area contributed by atoms with Crippen LogP contribution in [0.4, 0.5) is 14.5 Å². The third-order valence-electron chi connectivity index (χ3n) is 3.00. The molecule has 0 saturated heterocycles. The Kier molecular flexibility index (Phi) is 5.00. The van der Waals surface area contributed by atoms with Gasteiger partial charge >= 0.3 is 5.76 Å². The van der Waals surface area contributed by atoms with Gasteiger partial charge in [0.1, 0.15) is 0 Å². The second-order valence-corrected chi connectivity index (χ2v) is 7.56. The van der Waals surface area contributed by atoms with Gasteiger partial charge in [0, 0.05) is 11.0 Å². The number of nitrogens with zero attached hydrogens (tertiary/aromatic N) is 1. The maximum absolute atomic E-state index is 12.6. The molecule has 2 aromatic rings. The first-order chi connectivity index (χ1) is 10.7. The Morgan fingerprint density at radius 2 is 1.78 bits per heavy atom. The molecule has 0 N–H and O–H groups in total. The predicted molar refractivity (Wildman–Crippen MR) is 81.6 cm³/mol. The number of rotatable bonds is 5. The van der Waals surface area contributed by atoms with Gasteiger partial charge in [0.2, 0.25) is 9.84 Å². The molecule has 9 heteroatoms. The van der Waals surface area contributed by atoms with Crippen LogP contribution in [0.2, 0.25) is 0 Å². The minimum Gasteiger partial charge on any atom is -0.258 e. The Bertz CT molecular complexity index is 854. The fourth-order valence-corrected chi connectivity index (χ4v) is 3.52. The Morgan fingerprint density at radius 3 is 2.35 bits per heavy atom. The molecule has 0 spiro atoms. The lowest BCUT2D eigenvalue weighted by Crippen LogP contribution is -2.11. The first-order valence-corrected chi connectivity index (χ1v) is 8.63. The van der Waals surface area contributed by atoms with Crippen LogP contribution in [0, 0.1) is 17.0 Å². The third kappa shape index (κ3) is 3.67. The van der Waals surface area contributed by atoms with E-state index in [1.165, 1.54) is 6.07 Å². The molecule has 2 rings (SSSR count). The molecule has 23 heavy (non-hydrogen) atoms. The van der Waals surface area contributed by atoms with Crippen LogP contribution in [-0.2, 0) is 9.84 Å². The van der Waals surface area contributed by atoms with Crippen molar-refractivity contribution in [3.63, 3.8) is 0 Å². The second kappa shape index (κ2) is 6.63. The maximum atomic E-state index is 12.6. The van der Waals surface area contributed by atoms with Crippen LogP contribution in [0.5, 0.6) is 0 Å². The van der Waals surface area contributed by atoms with Crippen molar-refractivity contribution in [3.8, 4) is 0 Å². The summed E-state index contributed by atoms with van der Waals surface area (Å²) in [5.41, 5.74) is 0.357. The Labute approximate surface area is 135 Å². The van der Waals surface area contributed by atoms with Crippen LogP contribution < -0.4 is 0 Å². The number of hydrogen-bond donors (Lipinski definition) is 0. The summed E-state index contributed by atoms with van der Waals surface area (Å²) in [6.07, 6.45) is 0. The summed E-state index contributed by atoms with van der Waals surface area (Å²) in [5.74, 6) is -3.63. The fourth-order valence-electron chi connectivity index (χ4n) is 1.80. The average molecular weight is 359 g/mol. The van der Waals surface area contributed by atoms with Crippen molar-refractivity contribution < 1.29 is 22.1 Å². The van der Waals surface area contributed by atoms with Crippen LogP contribution >= 0.6 is 11.8 Å². The van der Waals surface area contributed by atoms with E-state index in [2.05, 4.69) is 0 Å². The minimum absolute atomic E-state index is 0.178. The van der Waals surface area contributed by atoms with Crippen molar-refractivity contribution in [1.29, 1.82) is 0 Å². The molecule has 0 aliphatic carbocycles. The molecule has 0 bridgehead atoms. The fraction of sp³-hybridized carbons (Fsp3) is 0.143. The third-order valence-corrected chi connectivity index (χ3v) is 5.63. The van der Waals surface area contributed by atoms with E-state index in [1.807, 2.05) is 19.1 Å². The second-order valence-electron chi connectivity index (χ2n) is 4.56. The van der Waals surface area contributed by atoms with E-state index >= 15 is 0 Å².